The number of nitrogens with two attached hydrogens (primary N) is 1. The zero-order valence-corrected chi connectivity index (χ0v) is 10.1. The molecule has 0 spiro atoms. The van der Waals surface area contributed by atoms with Crippen molar-refractivity contribution in [2.75, 3.05) is 19.6 Å². The van der Waals surface area contributed by atoms with Crippen LogP contribution in [0.4, 0.5) is 0 Å². The lowest BCUT2D eigenvalue weighted by Gasteiger charge is -2.25. The summed E-state index contributed by atoms with van der Waals surface area (Å²) >= 11 is 5.86. The number of benzene rings is 1. The Kier molecular flexibility index (Phi) is 4.58. The second kappa shape index (κ2) is 5.50. The molecule has 0 saturated carbocycles. The summed E-state index contributed by atoms with van der Waals surface area (Å²) in [5.74, 6) is 0. The molecular weight excluding hydrogens is 208 g/mol. The molecule has 0 atom stereocenters. The van der Waals surface area contributed by atoms with E-state index >= 15 is 0 Å². The third kappa shape index (κ3) is 3.82. The van der Waals surface area contributed by atoms with Crippen LogP contribution in [0.3, 0.4) is 0 Å². The first-order valence-corrected chi connectivity index (χ1v) is 5.61. The molecule has 3 heteroatoms. The smallest absolute Gasteiger partial charge is 0.0406 e. The van der Waals surface area contributed by atoms with Crippen LogP contribution in [0.25, 0.3) is 0 Å². The lowest BCUT2D eigenvalue weighted by Crippen LogP contribution is -2.35. The summed E-state index contributed by atoms with van der Waals surface area (Å²) in [7, 11) is 0. The van der Waals surface area contributed by atoms with Crippen LogP contribution < -0.4 is 11.1 Å². The van der Waals surface area contributed by atoms with E-state index in [1.165, 1.54) is 5.56 Å². The summed E-state index contributed by atoms with van der Waals surface area (Å²) in [6.07, 6.45) is 0. The minimum atomic E-state index is 0.111. The standard InChI is InChI=1S/C12H19ClN2/c1-12(2,9-15-8-7-14)10-3-5-11(13)6-4-10/h3-6,15H,7-9,14H2,1-2H3. The molecule has 1 rings (SSSR count). The quantitative estimate of drug-likeness (QED) is 0.756. The molecule has 0 aliphatic carbocycles. The van der Waals surface area contributed by atoms with Gasteiger partial charge in [0.25, 0.3) is 0 Å². The summed E-state index contributed by atoms with van der Waals surface area (Å²) in [6, 6.07) is 8.02. The summed E-state index contributed by atoms with van der Waals surface area (Å²) in [6.45, 7) is 6.87. The summed E-state index contributed by atoms with van der Waals surface area (Å²) in [5.41, 5.74) is 6.84. The molecule has 0 unspecified atom stereocenters. The second-order valence-corrected chi connectivity index (χ2v) is 4.79. The van der Waals surface area contributed by atoms with Crippen LogP contribution in [0, 0.1) is 0 Å². The van der Waals surface area contributed by atoms with E-state index in [1.807, 2.05) is 12.1 Å². The van der Waals surface area contributed by atoms with Crippen molar-refractivity contribution in [3.63, 3.8) is 0 Å². The summed E-state index contributed by atoms with van der Waals surface area (Å²) in [4.78, 5) is 0. The topological polar surface area (TPSA) is 38.0 Å². The van der Waals surface area contributed by atoms with Gasteiger partial charge in [-0.15, -0.1) is 0 Å². The molecule has 0 fully saturated rings. The molecular formula is C12H19ClN2. The SMILES string of the molecule is CC(C)(CNCCN)c1ccc(Cl)cc1. The second-order valence-electron chi connectivity index (χ2n) is 4.36. The number of nitrogens with one attached hydrogen (secondary N) is 1. The minimum Gasteiger partial charge on any atom is -0.329 e. The summed E-state index contributed by atoms with van der Waals surface area (Å²) < 4.78 is 0. The first-order chi connectivity index (χ1) is 7.06. The Balaban J connectivity index is 2.63. The van der Waals surface area contributed by atoms with Crippen LogP contribution in [-0.4, -0.2) is 19.6 Å². The van der Waals surface area contributed by atoms with Crippen LogP contribution >= 0.6 is 11.6 Å². The van der Waals surface area contributed by atoms with E-state index in [-0.39, 0.29) is 5.41 Å². The van der Waals surface area contributed by atoms with Crippen LogP contribution in [0.1, 0.15) is 19.4 Å². The fraction of sp³-hybridized carbons (Fsp3) is 0.500. The van der Waals surface area contributed by atoms with Crippen molar-refractivity contribution < 1.29 is 0 Å². The number of hydrogen-bond acceptors (Lipinski definition) is 2. The van der Waals surface area contributed by atoms with Gasteiger partial charge in [-0.1, -0.05) is 37.6 Å². The molecule has 0 amide bonds. The van der Waals surface area contributed by atoms with Crippen molar-refractivity contribution in [3.8, 4) is 0 Å². The van der Waals surface area contributed by atoms with Crippen molar-refractivity contribution in [2.45, 2.75) is 19.3 Å². The summed E-state index contributed by atoms with van der Waals surface area (Å²) in [5, 5.41) is 4.11. The van der Waals surface area contributed by atoms with Gasteiger partial charge in [-0.3, -0.25) is 0 Å². The molecule has 0 aliphatic rings. The van der Waals surface area contributed by atoms with E-state index in [9.17, 15) is 0 Å². The Bertz CT molecular complexity index is 293. The first kappa shape index (κ1) is 12.5. The van der Waals surface area contributed by atoms with E-state index in [2.05, 4.69) is 31.3 Å². The maximum Gasteiger partial charge on any atom is 0.0406 e. The van der Waals surface area contributed by atoms with E-state index in [4.69, 9.17) is 17.3 Å². The normalized spacial score (nSPS) is 11.7. The molecule has 0 saturated heterocycles. The largest absolute Gasteiger partial charge is 0.329 e. The van der Waals surface area contributed by atoms with Gasteiger partial charge in [0.1, 0.15) is 0 Å². The fourth-order valence-corrected chi connectivity index (χ4v) is 1.63. The zero-order valence-electron chi connectivity index (χ0n) is 9.39. The number of hydrogen-bond donors (Lipinski definition) is 2. The van der Waals surface area contributed by atoms with Crippen LogP contribution in [0.5, 0.6) is 0 Å². The Morgan fingerprint density at radius 3 is 2.40 bits per heavy atom. The van der Waals surface area contributed by atoms with Gasteiger partial charge in [0.05, 0.1) is 0 Å². The third-order valence-electron chi connectivity index (χ3n) is 2.51. The van der Waals surface area contributed by atoms with Crippen LogP contribution in [0.15, 0.2) is 24.3 Å². The van der Waals surface area contributed by atoms with Gasteiger partial charge in [0.2, 0.25) is 0 Å². The predicted molar refractivity (Wildman–Crippen MR) is 66.4 cm³/mol. The maximum atomic E-state index is 5.86. The minimum absolute atomic E-state index is 0.111. The van der Waals surface area contributed by atoms with Gasteiger partial charge in [-0.25, -0.2) is 0 Å². The van der Waals surface area contributed by atoms with E-state index < -0.39 is 0 Å². The molecule has 0 aliphatic heterocycles. The number of halogens is 1. The Hall–Kier alpha value is -0.570. The molecule has 15 heavy (non-hydrogen) atoms. The molecule has 1 aromatic carbocycles. The number of rotatable bonds is 5. The van der Waals surface area contributed by atoms with Crippen molar-refractivity contribution in [3.05, 3.63) is 34.9 Å². The van der Waals surface area contributed by atoms with Gasteiger partial charge < -0.3 is 11.1 Å². The van der Waals surface area contributed by atoms with Gasteiger partial charge in [0.15, 0.2) is 0 Å². The van der Waals surface area contributed by atoms with Gasteiger partial charge in [-0.05, 0) is 17.7 Å². The predicted octanol–water partition coefficient (Wildman–Crippen LogP) is 2.17. The van der Waals surface area contributed by atoms with Gasteiger partial charge in [-0.2, -0.15) is 0 Å². The van der Waals surface area contributed by atoms with Crippen LogP contribution in [-0.2, 0) is 5.41 Å². The molecule has 0 heterocycles. The lowest BCUT2D eigenvalue weighted by atomic mass is 9.84. The van der Waals surface area contributed by atoms with E-state index in [0.29, 0.717) is 6.54 Å². The van der Waals surface area contributed by atoms with Crippen molar-refractivity contribution in [1.82, 2.24) is 5.32 Å². The molecule has 0 aromatic heterocycles. The Morgan fingerprint density at radius 1 is 1.27 bits per heavy atom. The highest BCUT2D eigenvalue weighted by Gasteiger charge is 2.19. The highest BCUT2D eigenvalue weighted by molar-refractivity contribution is 6.30. The van der Waals surface area contributed by atoms with E-state index in [0.717, 1.165) is 18.1 Å². The average molecular weight is 227 g/mol. The molecule has 2 nitrogen and oxygen atoms in total. The van der Waals surface area contributed by atoms with Crippen molar-refractivity contribution >= 4 is 11.6 Å². The monoisotopic (exact) mass is 226 g/mol. The molecule has 84 valence electrons. The van der Waals surface area contributed by atoms with E-state index in [1.54, 1.807) is 0 Å². The van der Waals surface area contributed by atoms with Crippen molar-refractivity contribution in [2.24, 2.45) is 5.73 Å². The Morgan fingerprint density at radius 2 is 1.87 bits per heavy atom. The molecule has 3 N–H and O–H groups in total. The van der Waals surface area contributed by atoms with Gasteiger partial charge >= 0.3 is 0 Å². The first-order valence-electron chi connectivity index (χ1n) is 5.23. The zero-order chi connectivity index (χ0) is 11.3. The Labute approximate surface area is 96.8 Å². The maximum absolute atomic E-state index is 5.86. The molecule has 0 radical (unpaired) electrons. The highest BCUT2D eigenvalue weighted by atomic mass is 35.5. The van der Waals surface area contributed by atoms with Gasteiger partial charge in [0, 0.05) is 30.1 Å². The van der Waals surface area contributed by atoms with Crippen LogP contribution in [0.2, 0.25) is 5.02 Å². The van der Waals surface area contributed by atoms with Crippen molar-refractivity contribution in [1.29, 1.82) is 0 Å². The molecule has 0 bridgehead atoms. The molecule has 1 aromatic rings. The third-order valence-corrected chi connectivity index (χ3v) is 2.77. The fourth-order valence-electron chi connectivity index (χ4n) is 1.51. The lowest BCUT2D eigenvalue weighted by molar-refractivity contribution is 0.473. The highest BCUT2D eigenvalue weighted by Crippen LogP contribution is 2.23. The average Bonchev–Trinajstić information content (AvgIpc) is 2.18.